The van der Waals surface area contributed by atoms with E-state index >= 15 is 0 Å². The Hall–Kier alpha value is -1.79. The fraction of sp³-hybridized carbons (Fsp3) is 0.471. The predicted molar refractivity (Wildman–Crippen MR) is 91.7 cm³/mol. The van der Waals surface area contributed by atoms with Crippen molar-refractivity contribution in [2.45, 2.75) is 32.2 Å². The first-order valence-corrected chi connectivity index (χ1v) is 8.72. The average Bonchev–Trinajstić information content (AvgIpc) is 3.05. The number of hydrogen-bond acceptors (Lipinski definition) is 5. The molecule has 0 bridgehead atoms. The van der Waals surface area contributed by atoms with Gasteiger partial charge in [0.05, 0.1) is 11.0 Å². The van der Waals surface area contributed by atoms with Gasteiger partial charge in [-0.1, -0.05) is 26.8 Å². The number of nitrogens with zero attached hydrogens (tertiary/aromatic N) is 3. The zero-order valence-corrected chi connectivity index (χ0v) is 14.6. The summed E-state index contributed by atoms with van der Waals surface area (Å²) >= 11 is 1.56. The van der Waals surface area contributed by atoms with Crippen LogP contribution < -0.4 is 5.32 Å². The largest absolute Gasteiger partial charge is 0.328 e. The number of nitrogens with one attached hydrogen (secondary N) is 1. The molecule has 2 aromatic heterocycles. The van der Waals surface area contributed by atoms with Gasteiger partial charge in [-0.25, -0.2) is 4.98 Å². The molecule has 1 unspecified atom stereocenters. The highest BCUT2D eigenvalue weighted by Gasteiger charge is 2.30. The van der Waals surface area contributed by atoms with E-state index < -0.39 is 0 Å². The number of thiazole rings is 1. The van der Waals surface area contributed by atoms with Crippen molar-refractivity contribution < 1.29 is 4.79 Å². The van der Waals surface area contributed by atoms with Gasteiger partial charge in [0.15, 0.2) is 0 Å². The van der Waals surface area contributed by atoms with Crippen LogP contribution in [0.2, 0.25) is 0 Å². The summed E-state index contributed by atoms with van der Waals surface area (Å²) < 4.78 is 0. The van der Waals surface area contributed by atoms with Crippen LogP contribution in [-0.4, -0.2) is 40.4 Å². The van der Waals surface area contributed by atoms with Crippen molar-refractivity contribution in [1.29, 1.82) is 0 Å². The number of aromatic nitrogens is 2. The standard InChI is InChI=1S/C17H22N4OS/c1-17(2,3)16-20-13(11-23-16)15(22)21-8-7-19-10-14(21)12-5-4-6-18-9-12/h4-6,9,11,14,19H,7-8,10H2,1-3H3. The van der Waals surface area contributed by atoms with E-state index in [1.54, 1.807) is 17.5 Å². The van der Waals surface area contributed by atoms with Crippen molar-refractivity contribution in [3.63, 3.8) is 0 Å². The first-order valence-electron chi connectivity index (χ1n) is 7.84. The Balaban J connectivity index is 1.86. The number of hydrogen-bond donors (Lipinski definition) is 1. The molecule has 0 aliphatic carbocycles. The zero-order chi connectivity index (χ0) is 16.4. The smallest absolute Gasteiger partial charge is 0.273 e. The number of carbonyl (C=O) groups is 1. The minimum absolute atomic E-state index is 0.00439. The monoisotopic (exact) mass is 330 g/mol. The first kappa shape index (κ1) is 16.1. The molecule has 122 valence electrons. The molecule has 6 heteroatoms. The lowest BCUT2D eigenvalue weighted by Crippen LogP contribution is -2.48. The highest BCUT2D eigenvalue weighted by atomic mass is 32.1. The van der Waals surface area contributed by atoms with Gasteiger partial charge in [-0.3, -0.25) is 9.78 Å². The van der Waals surface area contributed by atoms with Crippen molar-refractivity contribution in [3.8, 4) is 0 Å². The molecule has 3 heterocycles. The molecule has 1 aliphatic heterocycles. The SMILES string of the molecule is CC(C)(C)c1nc(C(=O)N2CCNCC2c2cccnc2)cs1. The summed E-state index contributed by atoms with van der Waals surface area (Å²) in [4.78, 5) is 23.6. The Kier molecular flexibility index (Phi) is 4.46. The van der Waals surface area contributed by atoms with Gasteiger partial charge >= 0.3 is 0 Å². The number of pyridine rings is 1. The minimum Gasteiger partial charge on any atom is -0.328 e. The van der Waals surface area contributed by atoms with Gasteiger partial charge < -0.3 is 10.2 Å². The van der Waals surface area contributed by atoms with Crippen LogP contribution in [0.5, 0.6) is 0 Å². The molecule has 1 fully saturated rings. The Labute approximate surface area is 140 Å². The van der Waals surface area contributed by atoms with Crippen LogP contribution in [0, 0.1) is 0 Å². The maximum atomic E-state index is 12.9. The molecule has 5 nitrogen and oxygen atoms in total. The summed E-state index contributed by atoms with van der Waals surface area (Å²) in [6.07, 6.45) is 3.58. The van der Waals surface area contributed by atoms with Gasteiger partial charge in [0.2, 0.25) is 0 Å². The Morgan fingerprint density at radius 1 is 1.43 bits per heavy atom. The molecule has 0 spiro atoms. The molecule has 0 radical (unpaired) electrons. The van der Waals surface area contributed by atoms with E-state index in [9.17, 15) is 4.79 Å². The summed E-state index contributed by atoms with van der Waals surface area (Å²) in [5, 5.41) is 6.23. The molecule has 1 atom stereocenters. The Morgan fingerprint density at radius 2 is 2.26 bits per heavy atom. The highest BCUT2D eigenvalue weighted by Crippen LogP contribution is 2.28. The number of rotatable bonds is 2. The predicted octanol–water partition coefficient (Wildman–Crippen LogP) is 2.62. The number of piperazine rings is 1. The second-order valence-electron chi connectivity index (χ2n) is 6.79. The van der Waals surface area contributed by atoms with Crippen molar-refractivity contribution in [1.82, 2.24) is 20.2 Å². The number of amides is 1. The lowest BCUT2D eigenvalue weighted by molar-refractivity contribution is 0.0628. The lowest BCUT2D eigenvalue weighted by atomic mass is 9.98. The van der Waals surface area contributed by atoms with E-state index in [2.05, 4.69) is 36.1 Å². The second kappa shape index (κ2) is 6.37. The van der Waals surface area contributed by atoms with E-state index in [1.807, 2.05) is 28.6 Å². The summed E-state index contributed by atoms with van der Waals surface area (Å²) in [5.41, 5.74) is 1.57. The van der Waals surface area contributed by atoms with E-state index in [1.165, 1.54) is 0 Å². The maximum absolute atomic E-state index is 12.9. The van der Waals surface area contributed by atoms with Crippen molar-refractivity contribution in [3.05, 3.63) is 46.2 Å². The molecule has 1 aliphatic rings. The van der Waals surface area contributed by atoms with Gasteiger partial charge in [0, 0.05) is 42.8 Å². The summed E-state index contributed by atoms with van der Waals surface area (Å²) in [5.74, 6) is 0.00658. The third-order valence-corrected chi connectivity index (χ3v) is 5.21. The molecule has 1 amide bonds. The second-order valence-corrected chi connectivity index (χ2v) is 7.65. The van der Waals surface area contributed by atoms with Crippen LogP contribution in [0.1, 0.15) is 47.9 Å². The van der Waals surface area contributed by atoms with Crippen LogP contribution in [0.4, 0.5) is 0 Å². The molecular formula is C17H22N4OS. The Bertz CT molecular complexity index is 677. The zero-order valence-electron chi connectivity index (χ0n) is 13.7. The van der Waals surface area contributed by atoms with Crippen molar-refractivity contribution >= 4 is 17.2 Å². The molecule has 2 aromatic rings. The molecular weight excluding hydrogens is 308 g/mol. The molecule has 23 heavy (non-hydrogen) atoms. The van der Waals surface area contributed by atoms with Crippen LogP contribution in [0.25, 0.3) is 0 Å². The molecule has 3 rings (SSSR count). The van der Waals surface area contributed by atoms with E-state index in [0.717, 1.165) is 23.7 Å². The van der Waals surface area contributed by atoms with Crippen molar-refractivity contribution in [2.24, 2.45) is 0 Å². The van der Waals surface area contributed by atoms with Crippen LogP contribution >= 0.6 is 11.3 Å². The number of carbonyl (C=O) groups excluding carboxylic acids is 1. The highest BCUT2D eigenvalue weighted by molar-refractivity contribution is 7.10. The fourth-order valence-electron chi connectivity index (χ4n) is 2.68. The van der Waals surface area contributed by atoms with E-state index in [4.69, 9.17) is 0 Å². The van der Waals surface area contributed by atoms with Crippen LogP contribution in [-0.2, 0) is 5.41 Å². The molecule has 0 saturated carbocycles. The summed E-state index contributed by atoms with van der Waals surface area (Å²) in [7, 11) is 0. The van der Waals surface area contributed by atoms with Gasteiger partial charge in [0.1, 0.15) is 5.69 Å². The van der Waals surface area contributed by atoms with E-state index in [0.29, 0.717) is 12.2 Å². The van der Waals surface area contributed by atoms with E-state index in [-0.39, 0.29) is 17.4 Å². The summed E-state index contributed by atoms with van der Waals surface area (Å²) in [6.45, 7) is 8.57. The molecule has 1 saturated heterocycles. The van der Waals surface area contributed by atoms with Crippen LogP contribution in [0.15, 0.2) is 29.9 Å². The first-order chi connectivity index (χ1) is 11.0. The lowest BCUT2D eigenvalue weighted by Gasteiger charge is -2.36. The van der Waals surface area contributed by atoms with Gasteiger partial charge in [-0.2, -0.15) is 0 Å². The van der Waals surface area contributed by atoms with Gasteiger partial charge in [0.25, 0.3) is 5.91 Å². The quantitative estimate of drug-likeness (QED) is 0.919. The molecule has 1 N–H and O–H groups in total. The fourth-order valence-corrected chi connectivity index (χ4v) is 3.56. The third-order valence-electron chi connectivity index (χ3n) is 3.94. The van der Waals surface area contributed by atoms with Gasteiger partial charge in [-0.15, -0.1) is 11.3 Å². The maximum Gasteiger partial charge on any atom is 0.273 e. The van der Waals surface area contributed by atoms with Gasteiger partial charge in [-0.05, 0) is 11.6 Å². The molecule has 0 aromatic carbocycles. The normalized spacial score (nSPS) is 18.9. The topological polar surface area (TPSA) is 58.1 Å². The Morgan fingerprint density at radius 3 is 2.91 bits per heavy atom. The summed E-state index contributed by atoms with van der Waals surface area (Å²) in [6, 6.07) is 3.93. The van der Waals surface area contributed by atoms with Crippen LogP contribution in [0.3, 0.4) is 0 Å². The third kappa shape index (κ3) is 3.43. The van der Waals surface area contributed by atoms with Crippen molar-refractivity contribution in [2.75, 3.05) is 19.6 Å². The average molecular weight is 330 g/mol. The minimum atomic E-state index is -0.0323.